The SMILES string of the molecule is CC1CCCC(NC(=O)CN2CCN(CC(=O)NCc3ccccc3)CC2)C1C. The average molecular weight is 401 g/mol. The molecule has 6 nitrogen and oxygen atoms in total. The number of rotatable bonds is 7. The molecule has 1 aliphatic heterocycles. The molecule has 29 heavy (non-hydrogen) atoms. The van der Waals surface area contributed by atoms with Crippen LogP contribution in [0.3, 0.4) is 0 Å². The van der Waals surface area contributed by atoms with Gasteiger partial charge >= 0.3 is 0 Å². The van der Waals surface area contributed by atoms with Gasteiger partial charge < -0.3 is 10.6 Å². The molecule has 0 bridgehead atoms. The Bertz CT molecular complexity index is 658. The van der Waals surface area contributed by atoms with Crippen molar-refractivity contribution in [2.45, 2.75) is 45.7 Å². The van der Waals surface area contributed by atoms with Crippen molar-refractivity contribution < 1.29 is 9.59 Å². The fourth-order valence-corrected chi connectivity index (χ4v) is 4.40. The van der Waals surface area contributed by atoms with Crippen LogP contribution in [-0.4, -0.2) is 66.9 Å². The fraction of sp³-hybridized carbons (Fsp3) is 0.652. The molecular formula is C23H36N4O2. The molecule has 3 atom stereocenters. The smallest absolute Gasteiger partial charge is 0.234 e. The van der Waals surface area contributed by atoms with Crippen LogP contribution < -0.4 is 10.6 Å². The van der Waals surface area contributed by atoms with Gasteiger partial charge in [-0.3, -0.25) is 19.4 Å². The predicted molar refractivity (Wildman–Crippen MR) is 115 cm³/mol. The van der Waals surface area contributed by atoms with Gasteiger partial charge in [-0.25, -0.2) is 0 Å². The lowest BCUT2D eigenvalue weighted by Crippen LogP contribution is -2.53. The quantitative estimate of drug-likeness (QED) is 0.733. The summed E-state index contributed by atoms with van der Waals surface area (Å²) in [5, 5.41) is 6.25. The first-order valence-electron chi connectivity index (χ1n) is 11.1. The van der Waals surface area contributed by atoms with Crippen molar-refractivity contribution in [3.05, 3.63) is 35.9 Å². The molecule has 2 amide bonds. The van der Waals surface area contributed by atoms with Crippen molar-refractivity contribution in [2.24, 2.45) is 11.8 Å². The first-order valence-corrected chi connectivity index (χ1v) is 11.1. The van der Waals surface area contributed by atoms with Gasteiger partial charge in [0.15, 0.2) is 0 Å². The van der Waals surface area contributed by atoms with Crippen LogP contribution in [0.2, 0.25) is 0 Å². The number of carbonyl (C=O) groups excluding carboxylic acids is 2. The summed E-state index contributed by atoms with van der Waals surface area (Å²) in [5.41, 5.74) is 1.11. The molecule has 3 rings (SSSR count). The first-order chi connectivity index (χ1) is 14.0. The second kappa shape index (κ2) is 10.7. The van der Waals surface area contributed by atoms with Crippen molar-refractivity contribution in [1.29, 1.82) is 0 Å². The van der Waals surface area contributed by atoms with Crippen LogP contribution >= 0.6 is 0 Å². The van der Waals surface area contributed by atoms with E-state index in [4.69, 9.17) is 0 Å². The summed E-state index contributed by atoms with van der Waals surface area (Å²) in [6, 6.07) is 10.3. The van der Waals surface area contributed by atoms with Gasteiger partial charge in [0.2, 0.25) is 11.8 Å². The number of carbonyl (C=O) groups is 2. The van der Waals surface area contributed by atoms with E-state index in [-0.39, 0.29) is 11.8 Å². The molecule has 1 aromatic rings. The van der Waals surface area contributed by atoms with Crippen LogP contribution in [0.1, 0.15) is 38.7 Å². The van der Waals surface area contributed by atoms with Gasteiger partial charge in [0.25, 0.3) is 0 Å². The molecule has 2 N–H and O–H groups in total. The highest BCUT2D eigenvalue weighted by molar-refractivity contribution is 5.78. The van der Waals surface area contributed by atoms with Gasteiger partial charge in [-0.1, -0.05) is 57.0 Å². The molecular weight excluding hydrogens is 364 g/mol. The van der Waals surface area contributed by atoms with E-state index in [0.717, 1.165) is 38.2 Å². The standard InChI is InChI=1S/C23H36N4O2/c1-18-7-6-10-21(19(18)2)25-23(29)17-27-13-11-26(12-14-27)16-22(28)24-15-20-8-4-3-5-9-20/h3-5,8-9,18-19,21H,6-7,10-17H2,1-2H3,(H,24,28)(H,25,29). The largest absolute Gasteiger partial charge is 0.352 e. The van der Waals surface area contributed by atoms with E-state index in [1.54, 1.807) is 0 Å². The molecule has 2 aliphatic rings. The zero-order chi connectivity index (χ0) is 20.6. The number of benzene rings is 1. The Morgan fingerprint density at radius 1 is 0.931 bits per heavy atom. The maximum atomic E-state index is 12.5. The molecule has 0 aromatic heterocycles. The zero-order valence-electron chi connectivity index (χ0n) is 17.9. The van der Waals surface area contributed by atoms with Crippen LogP contribution in [0.15, 0.2) is 30.3 Å². The van der Waals surface area contributed by atoms with Gasteiger partial charge in [-0.15, -0.1) is 0 Å². The molecule has 1 heterocycles. The van der Waals surface area contributed by atoms with Gasteiger partial charge in [-0.2, -0.15) is 0 Å². The Hall–Kier alpha value is -1.92. The number of hydrogen-bond donors (Lipinski definition) is 2. The van der Waals surface area contributed by atoms with E-state index in [1.165, 1.54) is 12.8 Å². The lowest BCUT2D eigenvalue weighted by Gasteiger charge is -2.36. The van der Waals surface area contributed by atoms with E-state index in [2.05, 4.69) is 34.3 Å². The minimum Gasteiger partial charge on any atom is -0.352 e. The van der Waals surface area contributed by atoms with Crippen LogP contribution in [0, 0.1) is 11.8 Å². The van der Waals surface area contributed by atoms with Gasteiger partial charge in [0, 0.05) is 38.8 Å². The Kier molecular flexibility index (Phi) is 8.07. The molecule has 0 radical (unpaired) electrons. The van der Waals surface area contributed by atoms with Crippen LogP contribution in [0.4, 0.5) is 0 Å². The van der Waals surface area contributed by atoms with Crippen molar-refractivity contribution in [2.75, 3.05) is 39.3 Å². The monoisotopic (exact) mass is 400 g/mol. The molecule has 2 fully saturated rings. The average Bonchev–Trinajstić information content (AvgIpc) is 2.72. The van der Waals surface area contributed by atoms with Crippen LogP contribution in [-0.2, 0) is 16.1 Å². The lowest BCUT2D eigenvalue weighted by molar-refractivity contribution is -0.125. The van der Waals surface area contributed by atoms with Gasteiger partial charge in [0.1, 0.15) is 0 Å². The first kappa shape index (κ1) is 21.8. The number of nitrogens with one attached hydrogen (secondary N) is 2. The Morgan fingerprint density at radius 3 is 2.21 bits per heavy atom. The highest BCUT2D eigenvalue weighted by Gasteiger charge is 2.29. The van der Waals surface area contributed by atoms with Crippen molar-refractivity contribution >= 4 is 11.8 Å². The summed E-state index contributed by atoms with van der Waals surface area (Å²) in [6.45, 7) is 9.31. The predicted octanol–water partition coefficient (Wildman–Crippen LogP) is 1.86. The molecule has 160 valence electrons. The van der Waals surface area contributed by atoms with E-state index < -0.39 is 0 Å². The number of piperazine rings is 1. The summed E-state index contributed by atoms with van der Waals surface area (Å²) in [6.07, 6.45) is 3.58. The van der Waals surface area contributed by atoms with Crippen LogP contribution in [0.5, 0.6) is 0 Å². The third kappa shape index (κ3) is 6.82. The normalized spacial score (nSPS) is 26.1. The Balaban J connectivity index is 1.32. The highest BCUT2D eigenvalue weighted by Crippen LogP contribution is 2.29. The zero-order valence-corrected chi connectivity index (χ0v) is 17.9. The molecule has 1 saturated heterocycles. The summed E-state index contributed by atoms with van der Waals surface area (Å²) in [5.74, 6) is 1.44. The third-order valence-corrected chi connectivity index (χ3v) is 6.59. The van der Waals surface area contributed by atoms with Crippen molar-refractivity contribution in [1.82, 2.24) is 20.4 Å². The number of amides is 2. The van der Waals surface area contributed by atoms with Crippen molar-refractivity contribution in [3.63, 3.8) is 0 Å². The fourth-order valence-electron chi connectivity index (χ4n) is 4.40. The molecule has 0 spiro atoms. The second-order valence-corrected chi connectivity index (χ2v) is 8.76. The topological polar surface area (TPSA) is 64.7 Å². The Morgan fingerprint density at radius 2 is 1.55 bits per heavy atom. The molecule has 6 heteroatoms. The lowest BCUT2D eigenvalue weighted by atomic mass is 9.78. The highest BCUT2D eigenvalue weighted by atomic mass is 16.2. The minimum absolute atomic E-state index is 0.0560. The number of hydrogen-bond acceptors (Lipinski definition) is 4. The number of nitrogens with zero attached hydrogens (tertiary/aromatic N) is 2. The minimum atomic E-state index is 0.0560. The van der Waals surface area contributed by atoms with Crippen molar-refractivity contribution in [3.8, 4) is 0 Å². The molecule has 3 unspecified atom stereocenters. The molecule has 1 aliphatic carbocycles. The van der Waals surface area contributed by atoms with Crippen LogP contribution in [0.25, 0.3) is 0 Å². The van der Waals surface area contributed by atoms with Gasteiger partial charge in [-0.05, 0) is 23.8 Å². The maximum Gasteiger partial charge on any atom is 0.234 e. The molecule has 1 saturated carbocycles. The van der Waals surface area contributed by atoms with Gasteiger partial charge in [0.05, 0.1) is 13.1 Å². The summed E-state index contributed by atoms with van der Waals surface area (Å²) < 4.78 is 0. The third-order valence-electron chi connectivity index (χ3n) is 6.59. The summed E-state index contributed by atoms with van der Waals surface area (Å²) >= 11 is 0. The Labute approximate surface area is 175 Å². The second-order valence-electron chi connectivity index (χ2n) is 8.76. The maximum absolute atomic E-state index is 12.5. The van der Waals surface area contributed by atoms with E-state index in [1.807, 2.05) is 30.3 Å². The van der Waals surface area contributed by atoms with E-state index >= 15 is 0 Å². The summed E-state index contributed by atoms with van der Waals surface area (Å²) in [4.78, 5) is 29.0. The van der Waals surface area contributed by atoms with E-state index in [9.17, 15) is 9.59 Å². The van der Waals surface area contributed by atoms with E-state index in [0.29, 0.717) is 37.5 Å². The molecule has 1 aromatic carbocycles. The summed E-state index contributed by atoms with van der Waals surface area (Å²) in [7, 11) is 0.